The molecule has 0 radical (unpaired) electrons. The number of halogens is 17. The summed E-state index contributed by atoms with van der Waals surface area (Å²) in [7, 11) is 0. The SMILES string of the molecule is O=C1C=CC(O)(C(F)(F)C(F)(F)C(F)(F)C(F)(F)C(F)(F)C(F)(F)C(F)(F)C(F)(F)F)C=C1. The van der Waals surface area contributed by atoms with Gasteiger partial charge in [-0.1, -0.05) is 0 Å². The molecular weight excluding hydrogens is 523 g/mol. The van der Waals surface area contributed by atoms with Crippen molar-refractivity contribution in [3.8, 4) is 0 Å². The summed E-state index contributed by atoms with van der Waals surface area (Å²) in [4.78, 5) is 10.8. The maximum absolute atomic E-state index is 13.9. The average molecular weight is 528 g/mol. The number of ketones is 1. The lowest BCUT2D eigenvalue weighted by atomic mass is 9.81. The molecule has 0 saturated carbocycles. The molecule has 0 unspecified atom stereocenters. The summed E-state index contributed by atoms with van der Waals surface area (Å²) in [5.74, 6) is -59.4. The molecule has 0 atom stereocenters. The lowest BCUT2D eigenvalue weighted by molar-refractivity contribution is -0.465. The van der Waals surface area contributed by atoms with Crippen LogP contribution in [0.1, 0.15) is 0 Å². The molecule has 2 nitrogen and oxygen atoms in total. The van der Waals surface area contributed by atoms with Gasteiger partial charge < -0.3 is 5.11 Å². The van der Waals surface area contributed by atoms with E-state index in [1.165, 1.54) is 0 Å². The number of hydrogen-bond donors (Lipinski definition) is 1. The number of hydrogen-bond acceptors (Lipinski definition) is 2. The van der Waals surface area contributed by atoms with E-state index in [1.807, 2.05) is 0 Å². The first kappa shape index (κ1) is 29.0. The van der Waals surface area contributed by atoms with E-state index in [-0.39, 0.29) is 12.2 Å². The minimum absolute atomic E-state index is 0.229. The second kappa shape index (κ2) is 7.21. The topological polar surface area (TPSA) is 37.3 Å². The predicted octanol–water partition coefficient (Wildman–Crippen LogP) is 5.42. The van der Waals surface area contributed by atoms with Gasteiger partial charge in [0.15, 0.2) is 11.4 Å². The minimum Gasteiger partial charge on any atom is -0.375 e. The monoisotopic (exact) mass is 528 g/mol. The van der Waals surface area contributed by atoms with Gasteiger partial charge in [0.2, 0.25) is 0 Å². The van der Waals surface area contributed by atoms with Crippen molar-refractivity contribution in [3.05, 3.63) is 24.3 Å². The lowest BCUT2D eigenvalue weighted by Crippen LogP contribution is -2.76. The summed E-state index contributed by atoms with van der Waals surface area (Å²) in [5, 5.41) is 9.34. The summed E-state index contributed by atoms with van der Waals surface area (Å²) >= 11 is 0. The summed E-state index contributed by atoms with van der Waals surface area (Å²) in [6, 6.07) is 0. The third-order valence-corrected chi connectivity index (χ3v) is 4.23. The Bertz CT molecular complexity index is 832. The third-order valence-electron chi connectivity index (χ3n) is 4.23. The fraction of sp³-hybridized carbons (Fsp3) is 0.643. The summed E-state index contributed by atoms with van der Waals surface area (Å²) in [6.45, 7) is 0. The number of rotatable bonds is 7. The highest BCUT2D eigenvalue weighted by Gasteiger charge is 2.96. The number of carbonyl (C=O) groups is 1. The Labute approximate surface area is 169 Å². The molecule has 0 amide bonds. The second-order valence-corrected chi connectivity index (χ2v) is 6.41. The molecule has 0 aromatic rings. The van der Waals surface area contributed by atoms with E-state index in [4.69, 9.17) is 0 Å². The van der Waals surface area contributed by atoms with Crippen LogP contribution in [0.25, 0.3) is 0 Å². The second-order valence-electron chi connectivity index (χ2n) is 6.41. The van der Waals surface area contributed by atoms with Crippen LogP contribution < -0.4 is 0 Å². The molecule has 1 aliphatic carbocycles. The zero-order valence-corrected chi connectivity index (χ0v) is 14.6. The van der Waals surface area contributed by atoms with Gasteiger partial charge >= 0.3 is 47.6 Å². The molecule has 0 heterocycles. The first-order valence-electron chi connectivity index (χ1n) is 7.46. The van der Waals surface area contributed by atoms with E-state index in [0.29, 0.717) is 0 Å². The maximum Gasteiger partial charge on any atom is 0.460 e. The van der Waals surface area contributed by atoms with Crippen molar-refractivity contribution in [2.75, 3.05) is 0 Å². The zero-order chi connectivity index (χ0) is 26.9. The fourth-order valence-corrected chi connectivity index (χ4v) is 2.15. The van der Waals surface area contributed by atoms with E-state index in [0.717, 1.165) is 0 Å². The Kier molecular flexibility index (Phi) is 6.32. The van der Waals surface area contributed by atoms with Crippen molar-refractivity contribution >= 4 is 5.78 Å². The van der Waals surface area contributed by atoms with Gasteiger partial charge in [0.25, 0.3) is 0 Å². The fourth-order valence-electron chi connectivity index (χ4n) is 2.15. The molecule has 1 N–H and O–H groups in total. The van der Waals surface area contributed by atoms with Crippen LogP contribution in [0, 0.1) is 0 Å². The van der Waals surface area contributed by atoms with Crippen LogP contribution in [0.4, 0.5) is 74.6 Å². The van der Waals surface area contributed by atoms with Crippen molar-refractivity contribution in [1.82, 2.24) is 0 Å². The smallest absolute Gasteiger partial charge is 0.375 e. The maximum atomic E-state index is 13.9. The van der Waals surface area contributed by atoms with Crippen LogP contribution >= 0.6 is 0 Å². The minimum atomic E-state index is -8.75. The summed E-state index contributed by atoms with van der Waals surface area (Å²) < 4.78 is 224. The van der Waals surface area contributed by atoms with Crippen LogP contribution in [-0.2, 0) is 4.79 Å². The molecule has 192 valence electrons. The highest BCUT2D eigenvalue weighted by atomic mass is 19.4. The van der Waals surface area contributed by atoms with E-state index >= 15 is 0 Å². The highest BCUT2D eigenvalue weighted by molar-refractivity contribution is 6.00. The molecule has 0 saturated heterocycles. The molecule has 0 fully saturated rings. The number of alkyl halides is 17. The van der Waals surface area contributed by atoms with E-state index in [1.54, 1.807) is 0 Å². The van der Waals surface area contributed by atoms with Gasteiger partial charge in [0.05, 0.1) is 0 Å². The van der Waals surface area contributed by atoms with Crippen molar-refractivity contribution in [2.24, 2.45) is 0 Å². The standard InChI is InChI=1S/C14H5F17O2/c15-7(16,6(33)3-1-5(32)2-4-6)8(17,18)9(19,20)10(21,22)11(23,24)12(25,26)13(27,28)14(29,30)31/h1-4,33H. The molecule has 1 aliphatic rings. The molecule has 0 aromatic heterocycles. The molecule has 0 bridgehead atoms. The zero-order valence-electron chi connectivity index (χ0n) is 14.6. The van der Waals surface area contributed by atoms with Crippen LogP contribution in [0.3, 0.4) is 0 Å². The van der Waals surface area contributed by atoms with Crippen LogP contribution in [0.15, 0.2) is 24.3 Å². The number of aliphatic hydroxyl groups is 1. The molecule has 19 heteroatoms. The van der Waals surface area contributed by atoms with Crippen molar-refractivity contribution in [1.29, 1.82) is 0 Å². The Morgan fingerprint density at radius 1 is 0.515 bits per heavy atom. The summed E-state index contributed by atoms with van der Waals surface area (Å²) in [6.07, 6.45) is -9.74. The molecule has 0 aromatic carbocycles. The molecule has 0 spiro atoms. The lowest BCUT2D eigenvalue weighted by Gasteiger charge is -2.45. The normalized spacial score (nSPS) is 19.3. The highest BCUT2D eigenvalue weighted by Crippen LogP contribution is 2.65. The molecule has 1 rings (SSSR count). The van der Waals surface area contributed by atoms with Crippen molar-refractivity contribution in [2.45, 2.75) is 53.2 Å². The number of carbonyl (C=O) groups excluding carboxylic acids is 1. The number of allylic oxidation sites excluding steroid dienone is 2. The van der Waals surface area contributed by atoms with Crippen LogP contribution in [0.5, 0.6) is 0 Å². The van der Waals surface area contributed by atoms with Gasteiger partial charge in [-0.05, 0) is 24.3 Å². The Hall–Kier alpha value is -2.08. The molecule has 33 heavy (non-hydrogen) atoms. The molecule has 0 aliphatic heterocycles. The Morgan fingerprint density at radius 2 is 0.788 bits per heavy atom. The van der Waals surface area contributed by atoms with E-state index in [2.05, 4.69) is 0 Å². The average Bonchev–Trinajstić information content (AvgIpc) is 2.62. The van der Waals surface area contributed by atoms with Gasteiger partial charge in [-0.25, -0.2) is 0 Å². The van der Waals surface area contributed by atoms with Crippen LogP contribution in [0.2, 0.25) is 0 Å². The van der Waals surface area contributed by atoms with Crippen molar-refractivity contribution < 1.29 is 84.5 Å². The first-order valence-corrected chi connectivity index (χ1v) is 7.46. The van der Waals surface area contributed by atoms with Crippen molar-refractivity contribution in [3.63, 3.8) is 0 Å². The Balaban J connectivity index is 3.72. The van der Waals surface area contributed by atoms with E-state index < -0.39 is 71.2 Å². The van der Waals surface area contributed by atoms with Gasteiger partial charge in [-0.15, -0.1) is 0 Å². The Morgan fingerprint density at radius 3 is 1.09 bits per heavy atom. The van der Waals surface area contributed by atoms with Gasteiger partial charge in [-0.2, -0.15) is 74.6 Å². The first-order chi connectivity index (χ1) is 14.1. The van der Waals surface area contributed by atoms with Crippen LogP contribution in [-0.4, -0.2) is 64.1 Å². The summed E-state index contributed by atoms with van der Waals surface area (Å²) in [5.41, 5.74) is -4.85. The third kappa shape index (κ3) is 3.48. The van der Waals surface area contributed by atoms with Gasteiger partial charge in [-0.3, -0.25) is 4.79 Å². The predicted molar refractivity (Wildman–Crippen MR) is 68.9 cm³/mol. The van der Waals surface area contributed by atoms with E-state index in [9.17, 15) is 84.5 Å². The quantitative estimate of drug-likeness (QED) is 0.449. The van der Waals surface area contributed by atoms with Gasteiger partial charge in [0, 0.05) is 0 Å². The van der Waals surface area contributed by atoms with Gasteiger partial charge in [0.1, 0.15) is 0 Å². The largest absolute Gasteiger partial charge is 0.460 e. The molecular formula is C14H5F17O2.